The molecular weight excluding hydrogens is 356 g/mol. The van der Waals surface area contributed by atoms with Gasteiger partial charge in [0, 0.05) is 19.4 Å². The maximum absolute atomic E-state index is 12.7. The van der Waals surface area contributed by atoms with E-state index in [0.717, 1.165) is 27.8 Å². The second-order valence-electron chi connectivity index (χ2n) is 5.69. The van der Waals surface area contributed by atoms with Gasteiger partial charge in [-0.15, -0.1) is 0 Å². The molecule has 1 saturated heterocycles. The highest BCUT2D eigenvalue weighted by atomic mass is 32.2. The van der Waals surface area contributed by atoms with Gasteiger partial charge in [0.2, 0.25) is 0 Å². The molecule has 1 aromatic carbocycles. The van der Waals surface area contributed by atoms with Crippen molar-refractivity contribution >= 4 is 46.3 Å². The molecule has 0 spiro atoms. The number of hydrogen-bond donors (Lipinski definition) is 0. The molecule has 0 saturated carbocycles. The van der Waals surface area contributed by atoms with Crippen molar-refractivity contribution in [2.45, 2.75) is 12.5 Å². The lowest BCUT2D eigenvalue weighted by Gasteiger charge is -2.27. The van der Waals surface area contributed by atoms with Gasteiger partial charge < -0.3 is 14.5 Å². The van der Waals surface area contributed by atoms with Crippen LogP contribution in [0, 0.1) is 0 Å². The highest BCUT2D eigenvalue weighted by Gasteiger charge is 2.37. The normalized spacial score (nSPS) is 17.3. The minimum absolute atomic E-state index is 0.147. The van der Waals surface area contributed by atoms with E-state index in [9.17, 15) is 14.7 Å². The number of carboxylic acid groups (broad SMARTS) is 1. The third-order valence-corrected chi connectivity index (χ3v) is 5.16. The number of carbonyl (C=O) groups is 2. The van der Waals surface area contributed by atoms with Crippen molar-refractivity contribution in [1.82, 2.24) is 9.47 Å². The van der Waals surface area contributed by atoms with Gasteiger partial charge in [-0.1, -0.05) is 54.3 Å². The maximum Gasteiger partial charge on any atom is 0.266 e. The van der Waals surface area contributed by atoms with Crippen LogP contribution in [0.2, 0.25) is 0 Å². The van der Waals surface area contributed by atoms with Crippen molar-refractivity contribution in [2.24, 2.45) is 7.05 Å². The van der Waals surface area contributed by atoms with Crippen LogP contribution in [-0.4, -0.2) is 31.7 Å². The first-order valence-electron chi connectivity index (χ1n) is 7.59. The fourth-order valence-electron chi connectivity index (χ4n) is 2.63. The lowest BCUT2D eigenvalue weighted by atomic mass is 10.0. The Hall–Kier alpha value is -2.38. The monoisotopic (exact) mass is 371 g/mol. The molecule has 3 rings (SSSR count). The van der Waals surface area contributed by atoms with E-state index in [1.165, 1.54) is 0 Å². The Morgan fingerprint density at radius 3 is 2.64 bits per heavy atom. The molecule has 0 N–H and O–H groups in total. The van der Waals surface area contributed by atoms with Crippen molar-refractivity contribution in [2.75, 3.05) is 0 Å². The van der Waals surface area contributed by atoms with Crippen LogP contribution in [0.1, 0.15) is 11.1 Å². The summed E-state index contributed by atoms with van der Waals surface area (Å²) in [6.07, 6.45) is 5.60. The quantitative estimate of drug-likeness (QED) is 0.590. The lowest BCUT2D eigenvalue weighted by molar-refractivity contribution is -0.310. The number of aromatic nitrogens is 1. The summed E-state index contributed by atoms with van der Waals surface area (Å²) in [5.41, 5.74) is 1.66. The van der Waals surface area contributed by atoms with Crippen LogP contribution in [0.5, 0.6) is 0 Å². The first kappa shape index (κ1) is 17.4. The molecule has 1 aliphatic heterocycles. The largest absolute Gasteiger partial charge is 0.548 e. The minimum atomic E-state index is -1.32. The molecule has 25 heavy (non-hydrogen) atoms. The molecule has 1 amide bonds. The SMILES string of the molecule is Cn1ccc(/C=C2/SC(=S)N([C@@H](Cc3ccccc3)C(=O)[O-])C2=O)c1. The van der Waals surface area contributed by atoms with Gasteiger partial charge in [-0.3, -0.25) is 9.69 Å². The molecular formula is C18H15N2O3S2-. The highest BCUT2D eigenvalue weighted by molar-refractivity contribution is 8.26. The Bertz CT molecular complexity index is 858. The molecule has 0 bridgehead atoms. The van der Waals surface area contributed by atoms with Gasteiger partial charge in [-0.25, -0.2) is 0 Å². The first-order valence-corrected chi connectivity index (χ1v) is 8.82. The number of benzene rings is 1. The van der Waals surface area contributed by atoms with Gasteiger partial charge in [-0.2, -0.15) is 0 Å². The van der Waals surface area contributed by atoms with E-state index >= 15 is 0 Å². The fraction of sp³-hybridized carbons (Fsp3) is 0.167. The van der Waals surface area contributed by atoms with E-state index < -0.39 is 17.9 Å². The molecule has 1 aliphatic rings. The number of hydrogen-bond acceptors (Lipinski definition) is 5. The molecule has 1 fully saturated rings. The van der Waals surface area contributed by atoms with Crippen LogP contribution < -0.4 is 5.11 Å². The van der Waals surface area contributed by atoms with Crippen LogP contribution in [0.3, 0.4) is 0 Å². The smallest absolute Gasteiger partial charge is 0.266 e. The Morgan fingerprint density at radius 1 is 1.32 bits per heavy atom. The van der Waals surface area contributed by atoms with Crippen molar-refractivity contribution < 1.29 is 14.7 Å². The van der Waals surface area contributed by atoms with E-state index in [1.54, 1.807) is 6.08 Å². The van der Waals surface area contributed by atoms with Crippen molar-refractivity contribution in [3.8, 4) is 0 Å². The van der Waals surface area contributed by atoms with Crippen LogP contribution in [0.4, 0.5) is 0 Å². The molecule has 0 aliphatic carbocycles. The lowest BCUT2D eigenvalue weighted by Crippen LogP contribution is -2.51. The van der Waals surface area contributed by atoms with Crippen molar-refractivity contribution in [1.29, 1.82) is 0 Å². The van der Waals surface area contributed by atoms with E-state index in [-0.39, 0.29) is 10.7 Å². The van der Waals surface area contributed by atoms with Gasteiger partial charge in [0.05, 0.1) is 16.9 Å². The summed E-state index contributed by atoms with van der Waals surface area (Å²) in [4.78, 5) is 25.9. The Labute approximate surface area is 154 Å². The molecule has 1 aromatic heterocycles. The summed E-state index contributed by atoms with van der Waals surface area (Å²) in [6.45, 7) is 0. The van der Waals surface area contributed by atoms with Crippen LogP contribution in [0.15, 0.2) is 53.7 Å². The summed E-state index contributed by atoms with van der Waals surface area (Å²) < 4.78 is 2.10. The van der Waals surface area contributed by atoms with E-state index in [1.807, 2.05) is 60.4 Å². The Kier molecular flexibility index (Phi) is 5.06. The maximum atomic E-state index is 12.7. The molecule has 1 atom stereocenters. The summed E-state index contributed by atoms with van der Waals surface area (Å²) >= 11 is 6.37. The van der Waals surface area contributed by atoms with Gasteiger partial charge >= 0.3 is 0 Å². The molecule has 2 aromatic rings. The van der Waals surface area contributed by atoms with Crippen molar-refractivity contribution in [3.63, 3.8) is 0 Å². The van der Waals surface area contributed by atoms with Crippen LogP contribution in [0.25, 0.3) is 6.08 Å². The van der Waals surface area contributed by atoms with E-state index in [2.05, 4.69) is 0 Å². The molecule has 5 nitrogen and oxygen atoms in total. The van der Waals surface area contributed by atoms with Gasteiger partial charge in [0.1, 0.15) is 4.32 Å². The number of aliphatic carboxylic acids is 1. The van der Waals surface area contributed by atoms with E-state index in [0.29, 0.717) is 4.91 Å². The topological polar surface area (TPSA) is 65.4 Å². The standard InChI is InChI=1S/C18H16N2O3S2/c1-19-8-7-13(11-19)10-15-16(21)20(18(24)25-15)14(17(22)23)9-12-5-3-2-4-6-12/h2-8,10-11,14H,9H2,1H3,(H,22,23)/p-1/b15-10+/t14-/m0/s1. The zero-order chi connectivity index (χ0) is 18.0. The second kappa shape index (κ2) is 7.25. The summed E-state index contributed by atoms with van der Waals surface area (Å²) in [5.74, 6) is -1.72. The minimum Gasteiger partial charge on any atom is -0.548 e. The number of carbonyl (C=O) groups excluding carboxylic acids is 2. The molecule has 128 valence electrons. The summed E-state index contributed by atoms with van der Waals surface area (Å²) in [7, 11) is 1.88. The predicted octanol–water partition coefficient (Wildman–Crippen LogP) is 1.59. The number of thiocarbonyl (C=S) groups is 1. The third kappa shape index (κ3) is 3.83. The number of thioether (sulfide) groups is 1. The number of amides is 1. The number of carboxylic acids is 1. The Balaban J connectivity index is 1.86. The summed E-state index contributed by atoms with van der Waals surface area (Å²) in [5, 5.41) is 11.7. The zero-order valence-corrected chi connectivity index (χ0v) is 15.0. The average molecular weight is 371 g/mol. The van der Waals surface area contributed by atoms with Gasteiger partial charge in [0.15, 0.2) is 0 Å². The predicted molar refractivity (Wildman–Crippen MR) is 99.4 cm³/mol. The van der Waals surface area contributed by atoms with Crippen molar-refractivity contribution in [3.05, 3.63) is 64.8 Å². The number of aryl methyl sites for hydroxylation is 1. The second-order valence-corrected chi connectivity index (χ2v) is 7.36. The van der Waals surface area contributed by atoms with Gasteiger partial charge in [0.25, 0.3) is 5.91 Å². The fourth-order valence-corrected chi connectivity index (χ4v) is 3.98. The van der Waals surface area contributed by atoms with Gasteiger partial charge in [-0.05, 0) is 29.7 Å². The zero-order valence-electron chi connectivity index (χ0n) is 13.4. The van der Waals surface area contributed by atoms with Crippen LogP contribution in [-0.2, 0) is 23.1 Å². The average Bonchev–Trinajstić information content (AvgIpc) is 3.10. The highest BCUT2D eigenvalue weighted by Crippen LogP contribution is 2.34. The molecule has 7 heteroatoms. The Morgan fingerprint density at radius 2 is 2.04 bits per heavy atom. The number of rotatable bonds is 5. The van der Waals surface area contributed by atoms with Crippen LogP contribution >= 0.6 is 24.0 Å². The first-order chi connectivity index (χ1) is 12.0. The summed E-state index contributed by atoms with van der Waals surface area (Å²) in [6, 6.07) is 9.85. The molecule has 0 unspecified atom stereocenters. The van der Waals surface area contributed by atoms with E-state index in [4.69, 9.17) is 12.2 Å². The third-order valence-electron chi connectivity index (χ3n) is 3.83. The number of nitrogens with zero attached hydrogens (tertiary/aromatic N) is 2. The molecule has 0 radical (unpaired) electrons. The molecule has 2 heterocycles.